The first kappa shape index (κ1) is 16.5. The lowest BCUT2D eigenvalue weighted by Crippen LogP contribution is -2.46. The van der Waals surface area contributed by atoms with Crippen molar-refractivity contribution in [1.82, 2.24) is 15.2 Å². The zero-order valence-electron chi connectivity index (χ0n) is 14.3. The smallest absolute Gasteiger partial charge is 0.222 e. The first-order valence-electron chi connectivity index (χ1n) is 8.95. The molecule has 4 rings (SSSR count). The number of hydrogen-bond donors (Lipinski definition) is 2. The van der Waals surface area contributed by atoms with Gasteiger partial charge in [0.15, 0.2) is 0 Å². The number of hydrogen-bond acceptors (Lipinski definition) is 5. The number of amides is 1. The third-order valence-electron chi connectivity index (χ3n) is 5.30. The molecule has 1 aromatic carbocycles. The van der Waals surface area contributed by atoms with Crippen LogP contribution in [0.2, 0.25) is 0 Å². The highest BCUT2D eigenvalue weighted by Gasteiger charge is 2.36. The molecule has 0 radical (unpaired) electrons. The van der Waals surface area contributed by atoms with E-state index in [1.807, 2.05) is 11.6 Å². The van der Waals surface area contributed by atoms with Crippen LogP contribution in [0.1, 0.15) is 36.9 Å². The second-order valence-electron chi connectivity index (χ2n) is 7.13. The van der Waals surface area contributed by atoms with Crippen molar-refractivity contribution in [1.29, 1.82) is 0 Å². The molecule has 1 spiro atoms. The highest BCUT2D eigenvalue weighted by molar-refractivity contribution is 7.07. The minimum atomic E-state index is -0.155. The number of carbonyl (C=O) groups excluding carboxylic acids is 1. The Morgan fingerprint density at radius 3 is 3.04 bits per heavy atom. The molecule has 0 aliphatic carbocycles. The molecule has 1 aromatic heterocycles. The van der Waals surface area contributed by atoms with Crippen LogP contribution < -0.4 is 10.6 Å². The molecule has 1 fully saturated rings. The van der Waals surface area contributed by atoms with Crippen molar-refractivity contribution in [3.63, 3.8) is 0 Å². The minimum Gasteiger partial charge on any atom is -0.379 e. The van der Waals surface area contributed by atoms with E-state index in [2.05, 4.69) is 44.1 Å². The van der Waals surface area contributed by atoms with Crippen LogP contribution in [0.15, 0.2) is 35.2 Å². The van der Waals surface area contributed by atoms with Gasteiger partial charge in [0.05, 0.1) is 11.2 Å². The molecule has 2 aliphatic heterocycles. The quantitative estimate of drug-likeness (QED) is 0.868. The molecule has 0 unspecified atom stereocenters. The second kappa shape index (κ2) is 7.14. The van der Waals surface area contributed by atoms with Gasteiger partial charge in [0.1, 0.15) is 0 Å². The summed E-state index contributed by atoms with van der Waals surface area (Å²) >= 11 is 1.65. The summed E-state index contributed by atoms with van der Waals surface area (Å²) in [4.78, 5) is 19.3. The Kier molecular flexibility index (Phi) is 4.72. The van der Waals surface area contributed by atoms with Crippen LogP contribution in [-0.4, -0.2) is 34.4 Å². The number of rotatable bonds is 2. The van der Waals surface area contributed by atoms with Gasteiger partial charge in [-0.1, -0.05) is 18.2 Å². The number of carbonyl (C=O) groups is 1. The molecule has 0 saturated carbocycles. The van der Waals surface area contributed by atoms with Gasteiger partial charge in [0.2, 0.25) is 5.91 Å². The summed E-state index contributed by atoms with van der Waals surface area (Å²) in [6.07, 6.45) is 3.62. The maximum atomic E-state index is 12.4. The van der Waals surface area contributed by atoms with Crippen LogP contribution in [0, 0.1) is 0 Å². The molecule has 2 N–H and O–H groups in total. The maximum absolute atomic E-state index is 12.4. The highest BCUT2D eigenvalue weighted by Crippen LogP contribution is 2.33. The van der Waals surface area contributed by atoms with E-state index < -0.39 is 0 Å². The molecular weight excluding hydrogens is 332 g/mol. The van der Waals surface area contributed by atoms with Crippen LogP contribution in [-0.2, 0) is 17.9 Å². The minimum absolute atomic E-state index is 0.148. The number of benzene rings is 1. The Labute approximate surface area is 152 Å². The van der Waals surface area contributed by atoms with E-state index in [1.165, 1.54) is 5.56 Å². The predicted octanol–water partition coefficient (Wildman–Crippen LogP) is 3.00. The van der Waals surface area contributed by atoms with Gasteiger partial charge in [0.25, 0.3) is 0 Å². The summed E-state index contributed by atoms with van der Waals surface area (Å²) in [5.41, 5.74) is 5.22. The number of thiazole rings is 1. The number of likely N-dealkylation sites (tertiary alicyclic amines) is 1. The van der Waals surface area contributed by atoms with Gasteiger partial charge in [-0.05, 0) is 37.4 Å². The molecule has 2 aliphatic rings. The van der Waals surface area contributed by atoms with Gasteiger partial charge in [-0.2, -0.15) is 0 Å². The Bertz CT molecular complexity index is 733. The number of aromatic nitrogens is 1. The van der Waals surface area contributed by atoms with E-state index in [0.29, 0.717) is 13.0 Å². The molecule has 132 valence electrons. The molecule has 1 amide bonds. The summed E-state index contributed by atoms with van der Waals surface area (Å²) in [5.74, 6) is 0.148. The standard InChI is InChI=1S/C19H24N4OS/c24-18-10-19(22-17-5-2-1-4-15(17)11-20-18)6-3-8-23(9-7-19)12-16-13-25-14-21-16/h1-2,4-5,13-14,22H,3,6-12H2,(H,20,24)/t19-/m1/s1. The van der Waals surface area contributed by atoms with Gasteiger partial charge in [0, 0.05) is 42.7 Å². The number of fused-ring (bicyclic) bond motifs is 1. The molecule has 2 aromatic rings. The van der Waals surface area contributed by atoms with Crippen LogP contribution in [0.25, 0.3) is 0 Å². The zero-order chi connectivity index (χ0) is 17.1. The third-order valence-corrected chi connectivity index (χ3v) is 5.93. The lowest BCUT2D eigenvalue weighted by atomic mass is 9.85. The van der Waals surface area contributed by atoms with E-state index in [-0.39, 0.29) is 11.4 Å². The summed E-state index contributed by atoms with van der Waals surface area (Å²) in [6.45, 7) is 3.56. The third kappa shape index (κ3) is 3.85. The molecule has 25 heavy (non-hydrogen) atoms. The first-order valence-corrected chi connectivity index (χ1v) is 9.89. The van der Waals surface area contributed by atoms with Crippen molar-refractivity contribution in [2.45, 2.75) is 44.3 Å². The average Bonchev–Trinajstić information content (AvgIpc) is 3.03. The van der Waals surface area contributed by atoms with E-state index in [1.54, 1.807) is 11.3 Å². The van der Waals surface area contributed by atoms with Crippen LogP contribution in [0.5, 0.6) is 0 Å². The molecule has 6 heteroatoms. The highest BCUT2D eigenvalue weighted by atomic mass is 32.1. The van der Waals surface area contributed by atoms with E-state index in [9.17, 15) is 4.79 Å². The Morgan fingerprint density at radius 1 is 1.24 bits per heavy atom. The molecular formula is C19H24N4OS. The van der Waals surface area contributed by atoms with Gasteiger partial charge in [-0.3, -0.25) is 9.69 Å². The summed E-state index contributed by atoms with van der Waals surface area (Å²) in [6, 6.07) is 8.32. The Hall–Kier alpha value is -1.92. The topological polar surface area (TPSA) is 57.3 Å². The van der Waals surface area contributed by atoms with Crippen molar-refractivity contribution < 1.29 is 4.79 Å². The van der Waals surface area contributed by atoms with Crippen molar-refractivity contribution >= 4 is 22.9 Å². The Balaban J connectivity index is 1.52. The number of para-hydroxylation sites is 1. The van der Waals surface area contributed by atoms with Crippen LogP contribution in [0.4, 0.5) is 5.69 Å². The van der Waals surface area contributed by atoms with Gasteiger partial charge < -0.3 is 10.6 Å². The number of nitrogens with zero attached hydrogens (tertiary/aromatic N) is 2. The van der Waals surface area contributed by atoms with E-state index >= 15 is 0 Å². The fraction of sp³-hybridized carbons (Fsp3) is 0.474. The molecule has 1 saturated heterocycles. The molecule has 0 bridgehead atoms. The summed E-state index contributed by atoms with van der Waals surface area (Å²) < 4.78 is 0. The normalized spacial score (nSPS) is 24.6. The fourth-order valence-electron chi connectivity index (χ4n) is 3.94. The van der Waals surface area contributed by atoms with Crippen molar-refractivity contribution in [3.05, 3.63) is 46.4 Å². The maximum Gasteiger partial charge on any atom is 0.222 e. The van der Waals surface area contributed by atoms with Crippen LogP contribution >= 0.6 is 11.3 Å². The molecule has 3 heterocycles. The van der Waals surface area contributed by atoms with Gasteiger partial charge in [-0.25, -0.2) is 4.98 Å². The lowest BCUT2D eigenvalue weighted by Gasteiger charge is -2.37. The molecule has 1 atom stereocenters. The lowest BCUT2D eigenvalue weighted by molar-refractivity contribution is -0.122. The van der Waals surface area contributed by atoms with Gasteiger partial charge >= 0.3 is 0 Å². The largest absolute Gasteiger partial charge is 0.379 e. The van der Waals surface area contributed by atoms with Crippen molar-refractivity contribution in [3.8, 4) is 0 Å². The molecule has 5 nitrogen and oxygen atoms in total. The monoisotopic (exact) mass is 356 g/mol. The Morgan fingerprint density at radius 2 is 2.16 bits per heavy atom. The zero-order valence-corrected chi connectivity index (χ0v) is 15.1. The number of nitrogens with one attached hydrogen (secondary N) is 2. The van der Waals surface area contributed by atoms with Crippen molar-refractivity contribution in [2.24, 2.45) is 0 Å². The second-order valence-corrected chi connectivity index (χ2v) is 7.84. The summed E-state index contributed by atoms with van der Waals surface area (Å²) in [7, 11) is 0. The number of anilines is 1. The van der Waals surface area contributed by atoms with Crippen molar-refractivity contribution in [2.75, 3.05) is 18.4 Å². The van der Waals surface area contributed by atoms with Crippen LogP contribution in [0.3, 0.4) is 0 Å². The van der Waals surface area contributed by atoms with E-state index in [0.717, 1.165) is 50.3 Å². The fourth-order valence-corrected chi connectivity index (χ4v) is 4.49. The van der Waals surface area contributed by atoms with E-state index in [4.69, 9.17) is 0 Å². The average molecular weight is 356 g/mol. The predicted molar refractivity (Wildman–Crippen MR) is 101 cm³/mol. The summed E-state index contributed by atoms with van der Waals surface area (Å²) in [5, 5.41) is 8.97. The van der Waals surface area contributed by atoms with Gasteiger partial charge in [-0.15, -0.1) is 11.3 Å². The first-order chi connectivity index (χ1) is 12.2. The SMILES string of the molecule is O=C1C[C@]2(CCCN(Cc3cscn3)CC2)Nc2ccccc2CN1.